The first-order valence-corrected chi connectivity index (χ1v) is 6.22. The lowest BCUT2D eigenvalue weighted by Crippen LogP contribution is -2.38. The van der Waals surface area contributed by atoms with Crippen molar-refractivity contribution in [1.82, 2.24) is 15.2 Å². The zero-order valence-corrected chi connectivity index (χ0v) is 9.96. The fourth-order valence-corrected chi connectivity index (χ4v) is 3.11. The van der Waals surface area contributed by atoms with Gasteiger partial charge in [-0.15, -0.1) is 0 Å². The molecule has 1 aliphatic rings. The van der Waals surface area contributed by atoms with Crippen LogP contribution < -0.4 is 0 Å². The Labute approximate surface area is 98.0 Å². The second-order valence-electron chi connectivity index (χ2n) is 4.37. The average Bonchev–Trinajstić information content (AvgIpc) is 2.74. The topological polar surface area (TPSA) is 78.9 Å². The highest BCUT2D eigenvalue weighted by molar-refractivity contribution is 8.01. The number of rotatable bonds is 3. The van der Waals surface area contributed by atoms with Gasteiger partial charge in [-0.25, -0.2) is 4.98 Å². The van der Waals surface area contributed by atoms with E-state index in [2.05, 4.69) is 22.1 Å². The molecule has 88 valence electrons. The summed E-state index contributed by atoms with van der Waals surface area (Å²) in [5, 5.41) is 16.4. The van der Waals surface area contributed by atoms with Crippen LogP contribution in [0.4, 0.5) is 0 Å². The fraction of sp³-hybridized carbons (Fsp3) is 0.700. The normalized spacial score (nSPS) is 30.2. The van der Waals surface area contributed by atoms with Crippen molar-refractivity contribution in [2.45, 2.75) is 42.5 Å². The number of carboxylic acids is 1. The Bertz CT molecular complexity index is 358. The summed E-state index contributed by atoms with van der Waals surface area (Å²) in [7, 11) is 0. The van der Waals surface area contributed by atoms with E-state index in [1.54, 1.807) is 0 Å². The molecule has 1 aromatic rings. The van der Waals surface area contributed by atoms with E-state index < -0.39 is 10.7 Å². The quantitative estimate of drug-likeness (QED) is 0.845. The van der Waals surface area contributed by atoms with Gasteiger partial charge < -0.3 is 5.11 Å². The van der Waals surface area contributed by atoms with E-state index in [9.17, 15) is 9.90 Å². The summed E-state index contributed by atoms with van der Waals surface area (Å²) in [6.07, 6.45) is 4.74. The van der Waals surface area contributed by atoms with Gasteiger partial charge >= 0.3 is 5.97 Å². The fourth-order valence-electron chi connectivity index (χ4n) is 2.02. The molecule has 16 heavy (non-hydrogen) atoms. The molecule has 0 atom stereocenters. The maximum absolute atomic E-state index is 11.4. The van der Waals surface area contributed by atoms with E-state index in [0.29, 0.717) is 23.9 Å². The minimum atomic E-state index is -0.735. The van der Waals surface area contributed by atoms with Crippen molar-refractivity contribution in [3.8, 4) is 0 Å². The molecule has 1 fully saturated rings. The zero-order valence-electron chi connectivity index (χ0n) is 9.14. The van der Waals surface area contributed by atoms with Crippen molar-refractivity contribution in [3.05, 3.63) is 6.33 Å². The first kappa shape index (κ1) is 11.4. The molecule has 2 rings (SSSR count). The van der Waals surface area contributed by atoms with Gasteiger partial charge in [0, 0.05) is 0 Å². The van der Waals surface area contributed by atoms with E-state index in [0.717, 1.165) is 12.8 Å². The highest BCUT2D eigenvalue weighted by atomic mass is 32.2. The Morgan fingerprint density at radius 3 is 2.81 bits per heavy atom. The van der Waals surface area contributed by atoms with E-state index in [4.69, 9.17) is 0 Å². The van der Waals surface area contributed by atoms with Gasteiger partial charge in [-0.2, -0.15) is 5.10 Å². The molecule has 0 aliphatic heterocycles. The van der Waals surface area contributed by atoms with Gasteiger partial charge in [-0.3, -0.25) is 9.89 Å². The van der Waals surface area contributed by atoms with Crippen molar-refractivity contribution in [2.24, 2.45) is 5.92 Å². The lowest BCUT2D eigenvalue weighted by Gasteiger charge is -2.34. The predicted octanol–water partition coefficient (Wildman–Crippen LogP) is 1.93. The molecule has 1 heterocycles. The minimum Gasteiger partial charge on any atom is -0.480 e. The van der Waals surface area contributed by atoms with Crippen LogP contribution in [-0.4, -0.2) is 31.0 Å². The number of hydrogen-bond donors (Lipinski definition) is 2. The molecule has 0 aromatic carbocycles. The molecule has 2 N–H and O–H groups in total. The molecular weight excluding hydrogens is 226 g/mol. The summed E-state index contributed by atoms with van der Waals surface area (Å²) >= 11 is 1.30. The summed E-state index contributed by atoms with van der Waals surface area (Å²) in [6.45, 7) is 2.17. The van der Waals surface area contributed by atoms with Crippen LogP contribution in [0.1, 0.15) is 32.6 Å². The number of H-pyrrole nitrogens is 1. The van der Waals surface area contributed by atoms with E-state index in [1.165, 1.54) is 18.1 Å². The first-order chi connectivity index (χ1) is 7.62. The van der Waals surface area contributed by atoms with Gasteiger partial charge in [0.1, 0.15) is 11.1 Å². The number of carbonyl (C=O) groups is 1. The molecule has 5 nitrogen and oxygen atoms in total. The van der Waals surface area contributed by atoms with E-state index >= 15 is 0 Å². The van der Waals surface area contributed by atoms with Crippen molar-refractivity contribution in [1.29, 1.82) is 0 Å². The number of nitrogens with zero attached hydrogens (tertiary/aromatic N) is 2. The molecule has 1 saturated carbocycles. The minimum absolute atomic E-state index is 0.594. The maximum Gasteiger partial charge on any atom is 0.320 e. The van der Waals surface area contributed by atoms with Crippen LogP contribution in [0.3, 0.4) is 0 Å². The molecule has 0 saturated heterocycles. The maximum atomic E-state index is 11.4. The number of thioether (sulfide) groups is 1. The van der Waals surface area contributed by atoms with Crippen LogP contribution in [0.2, 0.25) is 0 Å². The first-order valence-electron chi connectivity index (χ1n) is 5.40. The second-order valence-corrected chi connectivity index (χ2v) is 5.75. The van der Waals surface area contributed by atoms with Crippen LogP contribution in [0.25, 0.3) is 0 Å². The zero-order chi connectivity index (χ0) is 11.6. The molecule has 0 amide bonds. The van der Waals surface area contributed by atoms with Crippen LogP contribution in [0, 0.1) is 5.92 Å². The van der Waals surface area contributed by atoms with Crippen LogP contribution in [-0.2, 0) is 4.79 Å². The highest BCUT2D eigenvalue weighted by Crippen LogP contribution is 2.44. The molecule has 0 unspecified atom stereocenters. The number of nitrogens with one attached hydrogen (secondary N) is 1. The van der Waals surface area contributed by atoms with Crippen LogP contribution in [0.5, 0.6) is 0 Å². The summed E-state index contributed by atoms with van der Waals surface area (Å²) < 4.78 is -0.716. The Morgan fingerprint density at radius 2 is 2.31 bits per heavy atom. The number of carboxylic acid groups (broad SMARTS) is 1. The van der Waals surface area contributed by atoms with Gasteiger partial charge in [0.05, 0.1) is 0 Å². The lowest BCUT2D eigenvalue weighted by atomic mass is 9.82. The monoisotopic (exact) mass is 241 g/mol. The molecular formula is C10H15N3O2S. The number of aromatic nitrogens is 3. The van der Waals surface area contributed by atoms with Crippen molar-refractivity contribution >= 4 is 17.7 Å². The average molecular weight is 241 g/mol. The SMILES string of the molecule is CC1CCC(Sc2ncn[nH]2)(C(=O)O)CC1. The summed E-state index contributed by atoms with van der Waals surface area (Å²) in [4.78, 5) is 15.4. The third kappa shape index (κ3) is 2.21. The van der Waals surface area contributed by atoms with Gasteiger partial charge in [-0.1, -0.05) is 18.7 Å². The van der Waals surface area contributed by atoms with E-state index in [-0.39, 0.29) is 0 Å². The second kappa shape index (κ2) is 4.45. The van der Waals surface area contributed by atoms with Crippen molar-refractivity contribution in [3.63, 3.8) is 0 Å². The molecule has 0 bridgehead atoms. The Kier molecular flexibility index (Phi) is 3.18. The third-order valence-electron chi connectivity index (χ3n) is 3.16. The van der Waals surface area contributed by atoms with E-state index in [1.807, 2.05) is 0 Å². The number of aromatic amines is 1. The molecule has 6 heteroatoms. The van der Waals surface area contributed by atoms with Gasteiger partial charge in [0.25, 0.3) is 0 Å². The van der Waals surface area contributed by atoms with Crippen LogP contribution in [0.15, 0.2) is 11.5 Å². The van der Waals surface area contributed by atoms with Crippen molar-refractivity contribution in [2.75, 3.05) is 0 Å². The molecule has 1 aliphatic carbocycles. The summed E-state index contributed by atoms with van der Waals surface area (Å²) in [6, 6.07) is 0. The van der Waals surface area contributed by atoms with Gasteiger partial charge in [-0.05, 0) is 31.6 Å². The molecule has 0 radical (unpaired) electrons. The largest absolute Gasteiger partial charge is 0.480 e. The van der Waals surface area contributed by atoms with Gasteiger partial charge in [0.2, 0.25) is 0 Å². The number of hydrogen-bond acceptors (Lipinski definition) is 4. The van der Waals surface area contributed by atoms with Crippen LogP contribution >= 0.6 is 11.8 Å². The highest BCUT2D eigenvalue weighted by Gasteiger charge is 2.43. The lowest BCUT2D eigenvalue weighted by molar-refractivity contribution is -0.141. The third-order valence-corrected chi connectivity index (χ3v) is 4.52. The Balaban J connectivity index is 2.13. The number of aliphatic carboxylic acids is 1. The standard InChI is InChI=1S/C10H15N3O2S/c1-7-2-4-10(5-3-7,8(14)15)16-9-11-6-12-13-9/h6-7H,2-5H2,1H3,(H,14,15)(H,11,12,13). The Hall–Kier alpha value is -1.04. The molecule has 0 spiro atoms. The Morgan fingerprint density at radius 1 is 1.62 bits per heavy atom. The van der Waals surface area contributed by atoms with Crippen molar-refractivity contribution < 1.29 is 9.90 Å². The van der Waals surface area contributed by atoms with Gasteiger partial charge in [0.15, 0.2) is 5.16 Å². The molecule has 1 aromatic heterocycles. The summed E-state index contributed by atoms with van der Waals surface area (Å²) in [5.74, 6) is -0.108. The predicted molar refractivity (Wildman–Crippen MR) is 60.2 cm³/mol. The summed E-state index contributed by atoms with van der Waals surface area (Å²) in [5.41, 5.74) is 0. The smallest absolute Gasteiger partial charge is 0.320 e.